The molecule has 28 heteroatoms. The van der Waals surface area contributed by atoms with E-state index in [9.17, 15) is 48.3 Å². The van der Waals surface area contributed by atoms with Gasteiger partial charge in [-0.3, -0.25) is 49.2 Å². The minimum Gasteiger partial charge on any atom is -0.390 e. The molecule has 0 bridgehead atoms. The van der Waals surface area contributed by atoms with Crippen molar-refractivity contribution < 1.29 is 48.3 Å². The number of amides is 11. The molecule has 1 unspecified atom stereocenters. The highest BCUT2D eigenvalue weighted by molar-refractivity contribution is 6.04. The number of carbonyl (C=O) groups excluding carboxylic acids is 9. The van der Waals surface area contributed by atoms with Crippen molar-refractivity contribution >= 4 is 71.0 Å². The number of primary amides is 1. The van der Waals surface area contributed by atoms with Crippen LogP contribution in [0.3, 0.4) is 0 Å². The third kappa shape index (κ3) is 14.2. The highest BCUT2D eigenvalue weighted by Gasteiger charge is 2.55. The van der Waals surface area contributed by atoms with Crippen molar-refractivity contribution in [2.24, 2.45) is 44.5 Å². The lowest BCUT2D eigenvalue weighted by Gasteiger charge is -2.44. The highest BCUT2D eigenvalue weighted by Crippen LogP contribution is 2.37. The summed E-state index contributed by atoms with van der Waals surface area (Å²) in [4.78, 5) is 137. The van der Waals surface area contributed by atoms with E-state index in [1.54, 1.807) is 54.6 Å². The molecule has 0 radical (unpaired) electrons. The van der Waals surface area contributed by atoms with Crippen molar-refractivity contribution in [2.75, 3.05) is 66.0 Å². The Hall–Kier alpha value is -8.11. The quantitative estimate of drug-likeness (QED) is 0.0108. The Morgan fingerprint density at radius 2 is 1.35 bits per heavy atom. The van der Waals surface area contributed by atoms with Crippen LogP contribution in [0.4, 0.5) is 15.3 Å². The molecule has 6 rings (SSSR count). The lowest BCUT2D eigenvalue weighted by Crippen LogP contribution is -2.71. The first kappa shape index (κ1) is 58.2. The molecule has 11 amide bonds. The van der Waals surface area contributed by atoms with Crippen molar-refractivity contribution in [1.82, 2.24) is 50.6 Å². The molecule has 0 aromatic heterocycles. The molecular formula is C49H73N18O10+. The van der Waals surface area contributed by atoms with E-state index in [2.05, 4.69) is 31.4 Å². The summed E-state index contributed by atoms with van der Waals surface area (Å²) in [5.41, 5.74) is 31.2. The number of aliphatic imine (C=N–C) groups is 2. The Kier molecular flexibility index (Phi) is 20.1. The van der Waals surface area contributed by atoms with Crippen LogP contribution in [0.5, 0.6) is 0 Å². The summed E-state index contributed by atoms with van der Waals surface area (Å²) in [6.45, 7) is -0.349. The summed E-state index contributed by atoms with van der Waals surface area (Å²) in [6, 6.07) is 7.09. The van der Waals surface area contributed by atoms with Crippen molar-refractivity contribution in [1.29, 1.82) is 0 Å². The van der Waals surface area contributed by atoms with Gasteiger partial charge in [-0.1, -0.05) is 48.5 Å². The van der Waals surface area contributed by atoms with E-state index in [1.807, 2.05) is 0 Å². The van der Waals surface area contributed by atoms with Gasteiger partial charge in [-0.05, 0) is 63.0 Å². The van der Waals surface area contributed by atoms with Crippen molar-refractivity contribution in [2.45, 2.75) is 100 Å². The number of hydrogen-bond acceptors (Lipinski definition) is 13. The number of guanidine groups is 2. The van der Waals surface area contributed by atoms with Crippen LogP contribution in [0, 0.1) is 0 Å². The number of nitrogens with zero attached hydrogens (tertiary/aromatic N) is 8. The Morgan fingerprint density at radius 1 is 0.766 bits per heavy atom. The van der Waals surface area contributed by atoms with E-state index in [0.717, 1.165) is 10.0 Å². The molecule has 0 aliphatic carbocycles. The summed E-state index contributed by atoms with van der Waals surface area (Å²) in [5.74, 6) is 1.18. The van der Waals surface area contributed by atoms with Gasteiger partial charge in [0.1, 0.15) is 42.5 Å². The minimum absolute atomic E-state index is 0.00986. The highest BCUT2D eigenvalue weighted by atomic mass is 16.3. The molecule has 28 nitrogen and oxygen atoms in total. The number of likely N-dealkylation sites (tertiary alicyclic amines) is 3. The number of likely N-dealkylation sites (N-methyl/N-ethyl adjacent to an activating group) is 1. The summed E-state index contributed by atoms with van der Waals surface area (Å²) in [5, 5.41) is 21.0. The fourth-order valence-corrected chi connectivity index (χ4v) is 10.5. The van der Waals surface area contributed by atoms with E-state index in [-0.39, 0.29) is 83.4 Å². The van der Waals surface area contributed by atoms with Crippen molar-refractivity contribution in [3.63, 3.8) is 0 Å². The van der Waals surface area contributed by atoms with Gasteiger partial charge in [0.25, 0.3) is 11.8 Å². The number of aliphatic hydroxyl groups excluding tert-OH is 1. The zero-order chi connectivity index (χ0) is 56.0. The van der Waals surface area contributed by atoms with Crippen LogP contribution in [0.2, 0.25) is 0 Å². The Morgan fingerprint density at radius 3 is 1.99 bits per heavy atom. The van der Waals surface area contributed by atoms with E-state index < -0.39 is 107 Å². The van der Waals surface area contributed by atoms with E-state index in [0.29, 0.717) is 55.3 Å². The Bertz CT molecular complexity index is 2560. The number of nitrogens with one attached hydrogen (secondary N) is 4. The third-order valence-corrected chi connectivity index (χ3v) is 14.3. The number of fused-ring (bicyclic) bond motifs is 1. The number of benzene rings is 2. The van der Waals surface area contributed by atoms with Crippen LogP contribution in [-0.2, 0) is 46.4 Å². The molecular weight excluding hydrogens is 1000 g/mol. The van der Waals surface area contributed by atoms with Gasteiger partial charge in [0.15, 0.2) is 11.9 Å². The van der Waals surface area contributed by atoms with Crippen LogP contribution >= 0.6 is 0 Å². The average molecular weight is 1070 g/mol. The minimum atomic E-state index is -1.51. The van der Waals surface area contributed by atoms with Crippen LogP contribution in [0.1, 0.15) is 62.5 Å². The SMILES string of the molecule is C[N+]1([C@@H](CO)C(=O)N2CCC[C@H]2C(=O)N[C@@H](Cc2ccccc2)C(=O)NN(CCCN=C(N)N)C(N)=O)C(=O)[C@@H](NC(=O)CNC(=O)[C@@H]2CCCN2C(=O)[C@@H]2CCCN2C(=O)N(N)CCCN=C(N)N)Cc2ccccc21. The molecule has 4 aliphatic heterocycles. The van der Waals surface area contributed by atoms with Crippen LogP contribution < -0.4 is 60.4 Å². The number of carbonyl (C=O) groups is 9. The molecule has 2 aromatic carbocycles. The Labute approximate surface area is 445 Å². The second kappa shape index (κ2) is 26.6. The zero-order valence-electron chi connectivity index (χ0n) is 43.3. The summed E-state index contributed by atoms with van der Waals surface area (Å²) >= 11 is 0. The normalized spacial score (nSPS) is 21.4. The van der Waals surface area contributed by atoms with Crippen LogP contribution in [0.25, 0.3) is 0 Å². The number of hydrazine groups is 2. The number of urea groups is 2. The first-order chi connectivity index (χ1) is 36.8. The van der Waals surface area contributed by atoms with Crippen LogP contribution in [0.15, 0.2) is 64.6 Å². The fraction of sp³-hybridized carbons (Fsp3) is 0.531. The second-order valence-electron chi connectivity index (χ2n) is 19.5. The molecule has 0 spiro atoms. The number of nitrogens with two attached hydrogens (primary N) is 6. The predicted octanol–water partition coefficient (Wildman–Crippen LogP) is -4.12. The van der Waals surface area contributed by atoms with Gasteiger partial charge in [0.2, 0.25) is 29.7 Å². The molecule has 2 aromatic rings. The monoisotopic (exact) mass is 1070 g/mol. The summed E-state index contributed by atoms with van der Waals surface area (Å²) in [7, 11) is 1.46. The number of rotatable bonds is 21. The first-order valence-corrected chi connectivity index (χ1v) is 25.7. The van der Waals surface area contributed by atoms with Gasteiger partial charge in [0.05, 0.1) is 13.6 Å². The smallest absolute Gasteiger partial charge is 0.342 e. The van der Waals surface area contributed by atoms with Crippen LogP contribution in [-0.4, -0.2) is 197 Å². The maximum Gasteiger partial charge on any atom is 0.342 e. The molecule has 77 heavy (non-hydrogen) atoms. The molecule has 0 saturated carbocycles. The number of quaternary nitrogens is 1. The number of hydrogen-bond donors (Lipinski definition) is 11. The zero-order valence-corrected chi connectivity index (χ0v) is 43.3. The molecule has 3 saturated heterocycles. The number of aliphatic hydroxyl groups is 1. The van der Waals surface area contributed by atoms with E-state index in [4.69, 9.17) is 34.5 Å². The average Bonchev–Trinajstić information content (AvgIpc) is 4.25. The first-order valence-electron chi connectivity index (χ1n) is 25.7. The van der Waals surface area contributed by atoms with Gasteiger partial charge in [-0.15, -0.1) is 0 Å². The van der Waals surface area contributed by atoms with Crippen molar-refractivity contribution in [3.8, 4) is 0 Å². The van der Waals surface area contributed by atoms with E-state index in [1.165, 1.54) is 21.7 Å². The van der Waals surface area contributed by atoms with E-state index >= 15 is 0 Å². The lowest BCUT2D eigenvalue weighted by atomic mass is 9.92. The van der Waals surface area contributed by atoms with Gasteiger partial charge in [0, 0.05) is 64.2 Å². The molecule has 418 valence electrons. The molecule has 7 atom stereocenters. The molecule has 4 heterocycles. The molecule has 4 aliphatic rings. The topological polar surface area (TPSA) is 419 Å². The summed E-state index contributed by atoms with van der Waals surface area (Å²) < 4.78 is -0.793. The fourth-order valence-electron chi connectivity index (χ4n) is 10.5. The summed E-state index contributed by atoms with van der Waals surface area (Å²) in [6.07, 6.45) is 2.87. The van der Waals surface area contributed by atoms with Gasteiger partial charge in [-0.25, -0.2) is 29.7 Å². The maximum atomic E-state index is 14.8. The second-order valence-corrected chi connectivity index (χ2v) is 19.5. The number of para-hydroxylation sites is 1. The largest absolute Gasteiger partial charge is 0.390 e. The molecule has 3 fully saturated rings. The third-order valence-electron chi connectivity index (χ3n) is 14.3. The predicted molar refractivity (Wildman–Crippen MR) is 281 cm³/mol. The van der Waals surface area contributed by atoms with Gasteiger partial charge >= 0.3 is 18.0 Å². The standard InChI is InChI=1S/C49H72N18O10/c1-67(38(29-68)44(74)63-22-8-16-35(63)42(72)60-32(26-30-12-3-2-4-13-30)40(70)61-66(48(54)76)25-11-20-57-47(52)53)37-18-6-5-14-31(37)27-33(45(67)75)59-39(69)28-58-41(71)34-15-7-21-62(34)43(73)36-17-9-23-64(36)49(77)65(55)24-10-19-56-46(50)51/h2-6,12-14,18,32-36,38,68H,7-11,15-17,19-29,55H2,1H3,(H13-,50,51,52,53,54,56,57,58,59,60,61,69,70,71,72,76)/p+1/t32-,33-,34-,35-,36-,38-,67?/m0/s1. The molecule has 17 N–H and O–H groups in total. The van der Waals surface area contributed by atoms with Gasteiger partial charge in [-0.2, -0.15) is 0 Å². The van der Waals surface area contributed by atoms with Gasteiger partial charge < -0.3 is 64.4 Å². The van der Waals surface area contributed by atoms with Crippen molar-refractivity contribution in [3.05, 3.63) is 65.7 Å². The maximum absolute atomic E-state index is 14.8. The Balaban J connectivity index is 1.11. The lowest BCUT2D eigenvalue weighted by molar-refractivity contribution is -0.150.